The Kier molecular flexibility index (Phi) is 7.73. The van der Waals surface area contributed by atoms with E-state index in [0.717, 1.165) is 26.3 Å². The van der Waals surface area contributed by atoms with E-state index < -0.39 is 24.3 Å². The van der Waals surface area contributed by atoms with E-state index in [4.69, 9.17) is 30.3 Å². The van der Waals surface area contributed by atoms with Crippen molar-refractivity contribution in [3.63, 3.8) is 0 Å². The van der Waals surface area contributed by atoms with Gasteiger partial charge in [-0.3, -0.25) is 4.90 Å². The molecule has 0 radical (unpaired) electrons. The minimum Gasteiger partial charge on any atom is -0.475 e. The fourth-order valence-corrected chi connectivity index (χ4v) is 1.28. The van der Waals surface area contributed by atoms with E-state index in [1.807, 2.05) is 0 Å². The van der Waals surface area contributed by atoms with Crippen molar-refractivity contribution in [3.05, 3.63) is 0 Å². The van der Waals surface area contributed by atoms with E-state index in [9.17, 15) is 26.3 Å². The molecule has 2 saturated heterocycles. The molecule has 2 rings (SSSR count). The van der Waals surface area contributed by atoms with Crippen molar-refractivity contribution in [3.8, 4) is 0 Å². The third-order valence-electron chi connectivity index (χ3n) is 2.56. The summed E-state index contributed by atoms with van der Waals surface area (Å²) in [6.07, 6.45) is -10.2. The van der Waals surface area contributed by atoms with Crippen LogP contribution in [0.25, 0.3) is 0 Å². The first kappa shape index (κ1) is 21.4. The highest BCUT2D eigenvalue weighted by Crippen LogP contribution is 2.16. The zero-order valence-corrected chi connectivity index (χ0v) is 11.4. The lowest BCUT2D eigenvalue weighted by Crippen LogP contribution is -2.64. The molecular weight excluding hydrogens is 342 g/mol. The van der Waals surface area contributed by atoms with Crippen molar-refractivity contribution >= 4 is 11.9 Å². The second-order valence-corrected chi connectivity index (χ2v) is 4.51. The Balaban J connectivity index is 0.000000322. The molecule has 23 heavy (non-hydrogen) atoms. The van der Waals surface area contributed by atoms with Gasteiger partial charge in [0.05, 0.1) is 19.3 Å². The van der Waals surface area contributed by atoms with Crippen LogP contribution in [0.3, 0.4) is 0 Å². The molecule has 0 bridgehead atoms. The van der Waals surface area contributed by atoms with Crippen molar-refractivity contribution in [2.45, 2.75) is 24.4 Å². The predicted octanol–water partition coefficient (Wildman–Crippen LogP) is 0.295. The van der Waals surface area contributed by atoms with Crippen molar-refractivity contribution in [2.24, 2.45) is 5.73 Å². The average Bonchev–Trinajstić information content (AvgIpc) is 2.23. The standard InChI is InChI=1S/C6H12N2O.2C2HF3O2/c7-5-1-8(2-5)6-3-9-4-6;2*3-2(4,5)1(6)7/h5-6H,1-4,7H2;2*(H,6,7). The number of hydrogen-bond acceptors (Lipinski definition) is 5. The molecule has 0 spiro atoms. The fourth-order valence-electron chi connectivity index (χ4n) is 1.28. The lowest BCUT2D eigenvalue weighted by molar-refractivity contribution is -0.193. The van der Waals surface area contributed by atoms with Crippen molar-refractivity contribution in [1.29, 1.82) is 0 Å². The number of carboxylic acid groups (broad SMARTS) is 2. The molecule has 0 aromatic rings. The topological polar surface area (TPSA) is 113 Å². The van der Waals surface area contributed by atoms with Crippen LogP contribution in [-0.4, -0.2) is 77.8 Å². The van der Waals surface area contributed by atoms with Crippen LogP contribution in [0.1, 0.15) is 0 Å². The van der Waals surface area contributed by atoms with Gasteiger partial charge in [-0.15, -0.1) is 0 Å². The second-order valence-electron chi connectivity index (χ2n) is 4.51. The predicted molar refractivity (Wildman–Crippen MR) is 61.5 cm³/mol. The first-order valence-corrected chi connectivity index (χ1v) is 5.92. The fraction of sp³-hybridized carbons (Fsp3) is 0.800. The Hall–Kier alpha value is -1.60. The molecule has 0 aromatic carbocycles. The van der Waals surface area contributed by atoms with E-state index in [1.54, 1.807) is 0 Å². The van der Waals surface area contributed by atoms with Crippen LogP contribution >= 0.6 is 0 Å². The monoisotopic (exact) mass is 356 g/mol. The van der Waals surface area contributed by atoms with Gasteiger partial charge in [0, 0.05) is 19.1 Å². The maximum absolute atomic E-state index is 10.6. The third kappa shape index (κ3) is 8.56. The summed E-state index contributed by atoms with van der Waals surface area (Å²) in [5.74, 6) is -5.51. The Morgan fingerprint density at radius 1 is 0.957 bits per heavy atom. The number of aliphatic carboxylic acids is 2. The summed E-state index contributed by atoms with van der Waals surface area (Å²) in [4.78, 5) is 20.2. The number of alkyl halides is 6. The van der Waals surface area contributed by atoms with E-state index in [1.165, 1.54) is 0 Å². The zero-order chi connectivity index (χ0) is 18.4. The first-order valence-electron chi connectivity index (χ1n) is 5.92. The SMILES string of the molecule is NC1CN(C2COC2)C1.O=C(O)C(F)(F)F.O=C(O)C(F)(F)F. The van der Waals surface area contributed by atoms with Crippen LogP contribution in [-0.2, 0) is 14.3 Å². The smallest absolute Gasteiger partial charge is 0.475 e. The number of carboxylic acids is 2. The number of likely N-dealkylation sites (tertiary alicyclic amines) is 1. The summed E-state index contributed by atoms with van der Waals surface area (Å²) < 4.78 is 68.5. The molecule has 0 unspecified atom stereocenters. The van der Waals surface area contributed by atoms with Crippen molar-refractivity contribution in [2.75, 3.05) is 26.3 Å². The van der Waals surface area contributed by atoms with Gasteiger partial charge in [0.25, 0.3) is 0 Å². The van der Waals surface area contributed by atoms with Crippen LogP contribution in [0.15, 0.2) is 0 Å². The number of hydrogen-bond donors (Lipinski definition) is 3. The minimum absolute atomic E-state index is 0.436. The summed E-state index contributed by atoms with van der Waals surface area (Å²) in [5.41, 5.74) is 5.60. The van der Waals surface area contributed by atoms with Gasteiger partial charge in [-0.25, -0.2) is 9.59 Å². The lowest BCUT2D eigenvalue weighted by atomic mass is 10.1. The van der Waals surface area contributed by atoms with E-state index in [2.05, 4.69) is 4.90 Å². The number of halogens is 6. The maximum atomic E-state index is 10.6. The summed E-state index contributed by atoms with van der Waals surface area (Å²) >= 11 is 0. The molecule has 7 nitrogen and oxygen atoms in total. The Morgan fingerprint density at radius 3 is 1.39 bits per heavy atom. The Morgan fingerprint density at radius 2 is 1.26 bits per heavy atom. The van der Waals surface area contributed by atoms with E-state index >= 15 is 0 Å². The molecule has 2 aliphatic rings. The van der Waals surface area contributed by atoms with Crippen LogP contribution in [0, 0.1) is 0 Å². The molecule has 0 aromatic heterocycles. The molecule has 2 heterocycles. The van der Waals surface area contributed by atoms with Crippen LogP contribution in [0.2, 0.25) is 0 Å². The summed E-state index contributed by atoms with van der Waals surface area (Å²) in [6, 6.07) is 1.13. The quantitative estimate of drug-likeness (QED) is 0.579. The third-order valence-corrected chi connectivity index (χ3v) is 2.56. The number of carbonyl (C=O) groups is 2. The van der Waals surface area contributed by atoms with Crippen molar-refractivity contribution < 1.29 is 50.9 Å². The molecule has 0 atom stereocenters. The highest BCUT2D eigenvalue weighted by Gasteiger charge is 2.38. The Bertz CT molecular complexity index is 380. The molecule has 2 fully saturated rings. The van der Waals surface area contributed by atoms with Crippen LogP contribution in [0.5, 0.6) is 0 Å². The van der Waals surface area contributed by atoms with Gasteiger partial charge in [0.15, 0.2) is 0 Å². The average molecular weight is 356 g/mol. The number of nitrogens with two attached hydrogens (primary N) is 1. The van der Waals surface area contributed by atoms with Gasteiger partial charge >= 0.3 is 24.3 Å². The molecular formula is C10H14F6N2O5. The number of rotatable bonds is 1. The van der Waals surface area contributed by atoms with Gasteiger partial charge in [0.1, 0.15) is 0 Å². The maximum Gasteiger partial charge on any atom is 0.490 e. The van der Waals surface area contributed by atoms with Gasteiger partial charge in [-0.1, -0.05) is 0 Å². The molecule has 2 aliphatic heterocycles. The van der Waals surface area contributed by atoms with Gasteiger partial charge in [-0.2, -0.15) is 26.3 Å². The molecule has 0 amide bonds. The van der Waals surface area contributed by atoms with Gasteiger partial charge in [0.2, 0.25) is 0 Å². The molecule has 4 N–H and O–H groups in total. The minimum atomic E-state index is -5.08. The van der Waals surface area contributed by atoms with E-state index in [-0.39, 0.29) is 0 Å². The summed E-state index contributed by atoms with van der Waals surface area (Å²) in [7, 11) is 0. The highest BCUT2D eigenvalue weighted by molar-refractivity contribution is 5.73. The normalized spacial score (nSPS) is 19.3. The molecule has 0 aliphatic carbocycles. The number of nitrogens with zero attached hydrogens (tertiary/aromatic N) is 1. The summed E-state index contributed by atoms with van der Waals surface area (Å²) in [5, 5.41) is 14.2. The van der Waals surface area contributed by atoms with Crippen LogP contribution in [0.4, 0.5) is 26.3 Å². The Labute approximate surface area is 125 Å². The van der Waals surface area contributed by atoms with Crippen LogP contribution < -0.4 is 5.73 Å². The largest absolute Gasteiger partial charge is 0.490 e. The first-order chi connectivity index (χ1) is 10.2. The second kappa shape index (κ2) is 8.31. The molecule has 136 valence electrons. The molecule has 0 saturated carbocycles. The van der Waals surface area contributed by atoms with Gasteiger partial charge in [-0.05, 0) is 0 Å². The summed E-state index contributed by atoms with van der Waals surface area (Å²) in [6.45, 7) is 4.00. The van der Waals surface area contributed by atoms with E-state index in [0.29, 0.717) is 12.1 Å². The zero-order valence-electron chi connectivity index (χ0n) is 11.4. The lowest BCUT2D eigenvalue weighted by Gasteiger charge is -2.46. The van der Waals surface area contributed by atoms with Gasteiger partial charge < -0.3 is 20.7 Å². The molecule has 13 heteroatoms. The number of ether oxygens (including phenoxy) is 1. The highest BCUT2D eigenvalue weighted by atomic mass is 19.4. The van der Waals surface area contributed by atoms with Crippen molar-refractivity contribution in [1.82, 2.24) is 4.90 Å².